The maximum atomic E-state index is 12.1. The van der Waals surface area contributed by atoms with E-state index in [0.717, 1.165) is 5.69 Å². The minimum atomic E-state index is -0.812. The van der Waals surface area contributed by atoms with Crippen LogP contribution in [0.2, 0.25) is 5.15 Å². The summed E-state index contributed by atoms with van der Waals surface area (Å²) in [5.74, 6) is -0.880. The normalized spacial score (nSPS) is 12.0. The molecule has 0 saturated heterocycles. The van der Waals surface area contributed by atoms with Gasteiger partial charge in [0.15, 0.2) is 11.9 Å². The lowest BCUT2D eigenvalue weighted by molar-refractivity contribution is -0.124. The van der Waals surface area contributed by atoms with Gasteiger partial charge in [-0.05, 0) is 32.9 Å². The van der Waals surface area contributed by atoms with Crippen LogP contribution < -0.4 is 0 Å². The molecule has 0 aliphatic rings. The van der Waals surface area contributed by atoms with Crippen molar-refractivity contribution >= 4 is 23.4 Å². The number of ether oxygens (including phenoxy) is 1. The first-order valence-corrected chi connectivity index (χ1v) is 6.81. The van der Waals surface area contributed by atoms with Crippen LogP contribution in [0.5, 0.6) is 0 Å². The van der Waals surface area contributed by atoms with Crippen molar-refractivity contribution < 1.29 is 14.3 Å². The molecule has 0 aliphatic heterocycles. The Morgan fingerprint density at radius 3 is 2.48 bits per heavy atom. The zero-order valence-electron chi connectivity index (χ0n) is 12.0. The van der Waals surface area contributed by atoms with Crippen molar-refractivity contribution in [1.29, 1.82) is 0 Å². The Kier molecular flexibility index (Phi) is 4.43. The number of carbonyl (C=O) groups is 2. The van der Waals surface area contributed by atoms with Crippen LogP contribution in [0.25, 0.3) is 5.69 Å². The zero-order chi connectivity index (χ0) is 15.6. The van der Waals surface area contributed by atoms with Crippen LogP contribution in [-0.2, 0) is 9.53 Å². The second-order valence-corrected chi connectivity index (χ2v) is 5.01. The van der Waals surface area contributed by atoms with E-state index in [0.29, 0.717) is 5.69 Å². The number of ketones is 1. The molecule has 1 aromatic carbocycles. The lowest BCUT2D eigenvalue weighted by atomic mass is 10.2. The molecule has 0 unspecified atom stereocenters. The van der Waals surface area contributed by atoms with Gasteiger partial charge in [0.2, 0.25) is 0 Å². The van der Waals surface area contributed by atoms with Gasteiger partial charge in [-0.2, -0.15) is 5.10 Å². The maximum absolute atomic E-state index is 12.1. The van der Waals surface area contributed by atoms with Crippen LogP contribution >= 0.6 is 11.6 Å². The minimum absolute atomic E-state index is 0.166. The molecule has 0 N–H and O–H groups in total. The second kappa shape index (κ2) is 6.10. The number of benzene rings is 1. The molecule has 0 amide bonds. The quantitative estimate of drug-likeness (QED) is 0.815. The van der Waals surface area contributed by atoms with Gasteiger partial charge in [0.05, 0.1) is 11.4 Å². The Labute approximate surface area is 127 Å². The van der Waals surface area contributed by atoms with Crippen molar-refractivity contribution in [3.63, 3.8) is 0 Å². The molecule has 2 rings (SSSR count). The molecular weight excluding hydrogens is 292 g/mol. The van der Waals surface area contributed by atoms with Crippen molar-refractivity contribution in [3.8, 4) is 5.69 Å². The number of Topliss-reactive ketones (excluding diaryl/α,β-unsaturated/α-hetero) is 1. The van der Waals surface area contributed by atoms with Gasteiger partial charge in [0.1, 0.15) is 10.7 Å². The average Bonchev–Trinajstić information content (AvgIpc) is 2.74. The number of aromatic nitrogens is 2. The number of rotatable bonds is 4. The first kappa shape index (κ1) is 15.3. The van der Waals surface area contributed by atoms with E-state index in [1.807, 2.05) is 30.3 Å². The lowest BCUT2D eigenvalue weighted by Gasteiger charge is -2.09. The summed E-state index contributed by atoms with van der Waals surface area (Å²) in [5.41, 5.74) is 1.36. The summed E-state index contributed by atoms with van der Waals surface area (Å²) in [7, 11) is 0. The highest BCUT2D eigenvalue weighted by molar-refractivity contribution is 6.33. The Bertz CT molecular complexity index is 680. The molecule has 1 atom stereocenters. The summed E-state index contributed by atoms with van der Waals surface area (Å²) in [6, 6.07) is 9.21. The predicted molar refractivity (Wildman–Crippen MR) is 78.9 cm³/mol. The van der Waals surface area contributed by atoms with Crippen LogP contribution in [-0.4, -0.2) is 27.6 Å². The SMILES string of the molecule is CC(=O)[C@@H](C)OC(=O)c1c(C)nn(-c2ccccc2)c1Cl. The molecule has 0 aliphatic carbocycles. The van der Waals surface area contributed by atoms with Crippen LogP contribution in [0.1, 0.15) is 29.9 Å². The van der Waals surface area contributed by atoms with Crippen molar-refractivity contribution in [2.24, 2.45) is 0 Å². The zero-order valence-corrected chi connectivity index (χ0v) is 12.7. The molecule has 2 aromatic rings. The van der Waals surface area contributed by atoms with E-state index in [1.165, 1.54) is 18.5 Å². The van der Waals surface area contributed by atoms with Crippen molar-refractivity contribution in [1.82, 2.24) is 9.78 Å². The van der Waals surface area contributed by atoms with Crippen molar-refractivity contribution in [2.75, 3.05) is 0 Å². The molecule has 1 heterocycles. The second-order valence-electron chi connectivity index (χ2n) is 4.66. The van der Waals surface area contributed by atoms with Gasteiger partial charge in [-0.15, -0.1) is 0 Å². The van der Waals surface area contributed by atoms with Crippen molar-refractivity contribution in [2.45, 2.75) is 26.9 Å². The molecule has 0 fully saturated rings. The molecule has 110 valence electrons. The predicted octanol–water partition coefficient (Wildman–Crippen LogP) is 2.97. The van der Waals surface area contributed by atoms with E-state index in [9.17, 15) is 9.59 Å². The number of esters is 1. The van der Waals surface area contributed by atoms with Crippen LogP contribution in [0.15, 0.2) is 30.3 Å². The number of halogens is 1. The van der Waals surface area contributed by atoms with E-state index >= 15 is 0 Å². The minimum Gasteiger partial charge on any atom is -0.451 e. The first-order valence-electron chi connectivity index (χ1n) is 6.43. The topological polar surface area (TPSA) is 61.2 Å². The number of hydrogen-bond donors (Lipinski definition) is 0. The standard InChI is InChI=1S/C15H15ClN2O3/c1-9-13(15(20)21-11(3)10(2)19)14(16)18(17-9)12-7-5-4-6-8-12/h4-8,11H,1-3H3/t11-/m1/s1. The third kappa shape index (κ3) is 3.13. The maximum Gasteiger partial charge on any atom is 0.343 e. The van der Waals surface area contributed by atoms with Crippen LogP contribution in [0.4, 0.5) is 0 Å². The number of nitrogens with zero attached hydrogens (tertiary/aromatic N) is 2. The lowest BCUT2D eigenvalue weighted by Crippen LogP contribution is -2.22. The summed E-state index contributed by atoms with van der Waals surface area (Å²) in [4.78, 5) is 23.3. The van der Waals surface area contributed by atoms with Gasteiger partial charge in [-0.1, -0.05) is 29.8 Å². The molecule has 21 heavy (non-hydrogen) atoms. The van der Waals surface area contributed by atoms with E-state index in [2.05, 4.69) is 5.10 Å². The molecule has 0 spiro atoms. The summed E-state index contributed by atoms with van der Waals surface area (Å²) < 4.78 is 6.55. The summed E-state index contributed by atoms with van der Waals surface area (Å²) in [5, 5.41) is 4.42. The number of para-hydroxylation sites is 1. The Hall–Kier alpha value is -2.14. The fourth-order valence-corrected chi connectivity index (χ4v) is 2.12. The molecule has 5 nitrogen and oxygen atoms in total. The fourth-order valence-electron chi connectivity index (χ4n) is 1.77. The van der Waals surface area contributed by atoms with Gasteiger partial charge < -0.3 is 4.74 Å². The van der Waals surface area contributed by atoms with Gasteiger partial charge in [0, 0.05) is 0 Å². The van der Waals surface area contributed by atoms with E-state index in [1.54, 1.807) is 6.92 Å². The van der Waals surface area contributed by atoms with E-state index in [-0.39, 0.29) is 16.5 Å². The molecule has 0 saturated carbocycles. The summed E-state index contributed by atoms with van der Waals surface area (Å²) in [6.07, 6.45) is -0.812. The molecule has 1 aromatic heterocycles. The van der Waals surface area contributed by atoms with Crippen LogP contribution in [0, 0.1) is 6.92 Å². The van der Waals surface area contributed by atoms with Gasteiger partial charge in [-0.25, -0.2) is 9.48 Å². The fraction of sp³-hybridized carbons (Fsp3) is 0.267. The van der Waals surface area contributed by atoms with Crippen molar-refractivity contribution in [3.05, 3.63) is 46.7 Å². The Balaban J connectivity index is 2.36. The molecule has 0 bridgehead atoms. The van der Waals surface area contributed by atoms with Gasteiger partial charge in [0.25, 0.3) is 0 Å². The molecule has 0 radical (unpaired) electrons. The Morgan fingerprint density at radius 1 is 1.29 bits per heavy atom. The highest BCUT2D eigenvalue weighted by Gasteiger charge is 2.24. The highest BCUT2D eigenvalue weighted by atomic mass is 35.5. The van der Waals surface area contributed by atoms with Gasteiger partial charge in [-0.3, -0.25) is 4.79 Å². The monoisotopic (exact) mass is 306 g/mol. The van der Waals surface area contributed by atoms with Gasteiger partial charge >= 0.3 is 5.97 Å². The number of hydrogen-bond acceptors (Lipinski definition) is 4. The summed E-state index contributed by atoms with van der Waals surface area (Å²) >= 11 is 6.24. The smallest absolute Gasteiger partial charge is 0.343 e. The first-order chi connectivity index (χ1) is 9.91. The number of carbonyl (C=O) groups excluding carboxylic acids is 2. The van der Waals surface area contributed by atoms with E-state index in [4.69, 9.17) is 16.3 Å². The summed E-state index contributed by atoms with van der Waals surface area (Å²) in [6.45, 7) is 4.55. The van der Waals surface area contributed by atoms with Crippen LogP contribution in [0.3, 0.4) is 0 Å². The third-order valence-corrected chi connectivity index (χ3v) is 3.41. The molecule has 6 heteroatoms. The van der Waals surface area contributed by atoms with E-state index < -0.39 is 12.1 Å². The highest BCUT2D eigenvalue weighted by Crippen LogP contribution is 2.24. The third-order valence-electron chi connectivity index (χ3n) is 3.07. The largest absolute Gasteiger partial charge is 0.451 e. The molecular formula is C15H15ClN2O3. The average molecular weight is 307 g/mol. The Morgan fingerprint density at radius 2 is 1.90 bits per heavy atom. The number of aryl methyl sites for hydroxylation is 1.